The third kappa shape index (κ3) is 4.48. The second kappa shape index (κ2) is 8.30. The van der Waals surface area contributed by atoms with Gasteiger partial charge in [-0.15, -0.1) is 0 Å². The Labute approximate surface area is 149 Å². The van der Waals surface area contributed by atoms with E-state index in [0.717, 1.165) is 24.1 Å². The lowest BCUT2D eigenvalue weighted by Gasteiger charge is -2.12. The van der Waals surface area contributed by atoms with E-state index in [-0.39, 0.29) is 6.04 Å². The molecule has 0 aliphatic heterocycles. The zero-order valence-electron chi connectivity index (χ0n) is 14.5. The highest BCUT2D eigenvalue weighted by Crippen LogP contribution is 2.27. The molecule has 3 rings (SSSR count). The van der Waals surface area contributed by atoms with Crippen LogP contribution < -0.4 is 16.3 Å². The van der Waals surface area contributed by atoms with Crippen molar-refractivity contribution in [1.82, 2.24) is 9.78 Å². The predicted octanol–water partition coefficient (Wildman–Crippen LogP) is -0.253. The van der Waals surface area contributed by atoms with E-state index < -0.39 is 11.9 Å². The fourth-order valence-corrected chi connectivity index (χ4v) is 2.70. The van der Waals surface area contributed by atoms with E-state index in [1.165, 1.54) is 16.4 Å². The minimum atomic E-state index is -1.26. The zero-order valence-corrected chi connectivity index (χ0v) is 14.5. The second-order valence-electron chi connectivity index (χ2n) is 5.82. The van der Waals surface area contributed by atoms with E-state index in [2.05, 4.69) is 17.3 Å². The van der Waals surface area contributed by atoms with Crippen LogP contribution in [-0.2, 0) is 20.9 Å². The van der Waals surface area contributed by atoms with Gasteiger partial charge in [-0.25, -0.2) is 9.59 Å². The molecule has 0 saturated carbocycles. The Morgan fingerprint density at radius 2 is 2.04 bits per heavy atom. The van der Waals surface area contributed by atoms with Crippen LogP contribution >= 0.6 is 0 Å². The summed E-state index contributed by atoms with van der Waals surface area (Å²) in [6.07, 6.45) is 10.3. The van der Waals surface area contributed by atoms with Crippen LogP contribution in [-0.4, -0.2) is 45.1 Å². The van der Waals surface area contributed by atoms with Gasteiger partial charge >= 0.3 is 11.9 Å². The first-order chi connectivity index (χ1) is 12.3. The summed E-state index contributed by atoms with van der Waals surface area (Å²) >= 11 is 0. The molecule has 1 heterocycles. The molecule has 1 atom stereocenters. The van der Waals surface area contributed by atoms with E-state index in [9.17, 15) is 9.59 Å². The Hall–Kier alpha value is -3.13. The maximum atomic E-state index is 9.55. The van der Waals surface area contributed by atoms with E-state index in [4.69, 9.17) is 20.7 Å². The number of carboxylic acids is 2. The number of hydrogen-bond acceptors (Lipinski definition) is 5. The third-order valence-corrected chi connectivity index (χ3v) is 3.72. The average molecular weight is 359 g/mol. The van der Waals surface area contributed by atoms with Crippen LogP contribution in [0.2, 0.25) is 0 Å². The molecule has 26 heavy (non-hydrogen) atoms. The molecule has 0 radical (unpaired) electrons. The second-order valence-corrected chi connectivity index (χ2v) is 5.82. The summed E-state index contributed by atoms with van der Waals surface area (Å²) in [5.41, 5.74) is 8.34. The molecule has 1 aromatic heterocycles. The molecule has 8 heteroatoms. The smallest absolute Gasteiger partial charge is 0.328 e. The molecule has 0 amide bonds. The summed E-state index contributed by atoms with van der Waals surface area (Å²) in [5.74, 6) is -1.58. The van der Waals surface area contributed by atoms with E-state index in [0.29, 0.717) is 12.2 Å². The minimum Gasteiger partial charge on any atom is -0.496 e. The molecule has 1 aromatic rings. The molecule has 0 spiro atoms. The summed E-state index contributed by atoms with van der Waals surface area (Å²) < 4.78 is 7.39. The van der Waals surface area contributed by atoms with Crippen LogP contribution in [0.3, 0.4) is 0 Å². The van der Waals surface area contributed by atoms with Crippen molar-refractivity contribution in [1.29, 1.82) is 0 Å². The number of allylic oxidation sites excluding steroid dienone is 3. The lowest BCUT2D eigenvalue weighted by Crippen LogP contribution is -2.33. The molecule has 4 N–H and O–H groups in total. The molecular weight excluding hydrogens is 338 g/mol. The van der Waals surface area contributed by atoms with E-state index in [1.807, 2.05) is 23.9 Å². The number of nitrogens with zero attached hydrogens (tertiary/aromatic N) is 2. The van der Waals surface area contributed by atoms with Crippen molar-refractivity contribution < 1.29 is 24.5 Å². The van der Waals surface area contributed by atoms with E-state index in [1.54, 1.807) is 7.11 Å². The molecule has 0 bridgehead atoms. The molecular formula is C18H21N3O5. The minimum absolute atomic E-state index is 0.101. The fourth-order valence-electron chi connectivity index (χ4n) is 2.70. The van der Waals surface area contributed by atoms with Crippen LogP contribution in [0.1, 0.15) is 13.3 Å². The molecule has 8 nitrogen and oxygen atoms in total. The Bertz CT molecular complexity index is 903. The van der Waals surface area contributed by atoms with Crippen molar-refractivity contribution in [3.63, 3.8) is 0 Å². The normalized spacial score (nSPS) is 15.7. The number of aromatic nitrogens is 2. The van der Waals surface area contributed by atoms with Crippen LogP contribution in [0.15, 0.2) is 41.8 Å². The third-order valence-electron chi connectivity index (χ3n) is 3.72. The zero-order chi connectivity index (χ0) is 19.3. The number of rotatable bonds is 5. The Balaban J connectivity index is 0.000000260. The molecule has 0 unspecified atom stereocenters. The number of fused-ring (bicyclic) bond motifs is 2. The number of carboxylic acid groups (broad SMARTS) is 2. The highest BCUT2D eigenvalue weighted by atomic mass is 16.5. The van der Waals surface area contributed by atoms with Gasteiger partial charge in [-0.05, 0) is 31.1 Å². The van der Waals surface area contributed by atoms with E-state index >= 15 is 0 Å². The Kier molecular flexibility index (Phi) is 6.13. The van der Waals surface area contributed by atoms with Crippen LogP contribution in [0.5, 0.6) is 0 Å². The number of nitrogens with two attached hydrogens (primary N) is 1. The summed E-state index contributed by atoms with van der Waals surface area (Å²) in [6.45, 7) is 2.73. The van der Waals surface area contributed by atoms with Crippen molar-refractivity contribution in [2.75, 3.05) is 7.11 Å². The average Bonchev–Trinajstić information content (AvgIpc) is 3.13. The number of ether oxygens (including phenoxy) is 1. The van der Waals surface area contributed by atoms with Crippen molar-refractivity contribution >= 4 is 23.6 Å². The van der Waals surface area contributed by atoms with Gasteiger partial charge in [0.05, 0.1) is 25.2 Å². The molecule has 0 fully saturated rings. The summed E-state index contributed by atoms with van der Waals surface area (Å²) in [4.78, 5) is 19.1. The van der Waals surface area contributed by atoms with Gasteiger partial charge < -0.3 is 20.7 Å². The highest BCUT2D eigenvalue weighted by Gasteiger charge is 2.20. The number of carbonyl (C=O) groups is 2. The Morgan fingerprint density at radius 3 is 2.58 bits per heavy atom. The van der Waals surface area contributed by atoms with Crippen molar-refractivity contribution in [2.45, 2.75) is 25.9 Å². The molecule has 0 saturated heterocycles. The largest absolute Gasteiger partial charge is 0.496 e. The monoisotopic (exact) mass is 359 g/mol. The van der Waals surface area contributed by atoms with Gasteiger partial charge in [-0.1, -0.05) is 6.08 Å². The Morgan fingerprint density at radius 1 is 1.38 bits per heavy atom. The maximum absolute atomic E-state index is 9.55. The summed E-state index contributed by atoms with van der Waals surface area (Å²) in [6, 6.07) is 0.101. The van der Waals surface area contributed by atoms with Crippen molar-refractivity contribution in [3.05, 3.63) is 52.4 Å². The van der Waals surface area contributed by atoms with Gasteiger partial charge in [0, 0.05) is 29.0 Å². The summed E-state index contributed by atoms with van der Waals surface area (Å²) in [5, 5.41) is 22.4. The quantitative estimate of drug-likeness (QED) is 0.618. The fraction of sp³-hybridized carbons (Fsp3) is 0.278. The van der Waals surface area contributed by atoms with Crippen LogP contribution in [0.4, 0.5) is 0 Å². The van der Waals surface area contributed by atoms with Crippen LogP contribution in [0, 0.1) is 0 Å². The van der Waals surface area contributed by atoms with Gasteiger partial charge in [-0.2, -0.15) is 5.10 Å². The molecule has 2 aliphatic carbocycles. The topological polar surface area (TPSA) is 128 Å². The van der Waals surface area contributed by atoms with Gasteiger partial charge in [0.15, 0.2) is 0 Å². The molecule has 138 valence electrons. The first kappa shape index (κ1) is 19.2. The predicted molar refractivity (Wildman–Crippen MR) is 95.2 cm³/mol. The first-order valence-corrected chi connectivity index (χ1v) is 7.95. The lowest BCUT2D eigenvalue weighted by molar-refractivity contribution is -0.134. The molecule has 2 aliphatic rings. The first-order valence-electron chi connectivity index (χ1n) is 7.95. The SMILES string of the molecule is COC1=C2C=c3c(cnn3C[C@@H](C)N)=C2CC=C1.O=C(O)C=CC(=O)O. The number of hydrogen-bond donors (Lipinski definition) is 3. The van der Waals surface area contributed by atoms with Crippen molar-refractivity contribution in [3.8, 4) is 0 Å². The summed E-state index contributed by atoms with van der Waals surface area (Å²) in [7, 11) is 1.71. The molecule has 0 aromatic carbocycles. The standard InChI is InChI=1S/C14H17N3O.C4H4O4/c1-9(15)8-17-13-6-11-10(12(13)7-16-17)4-3-5-14(11)18-2;5-3(6)1-2-4(7)8/h3,5-7,9H,4,8,15H2,1-2H3;1-2H,(H,5,6)(H,7,8)/t9-;/m1./s1. The van der Waals surface area contributed by atoms with Crippen molar-refractivity contribution in [2.24, 2.45) is 5.73 Å². The van der Waals surface area contributed by atoms with Gasteiger partial charge in [0.25, 0.3) is 0 Å². The van der Waals surface area contributed by atoms with Gasteiger partial charge in [0.2, 0.25) is 0 Å². The number of aliphatic carboxylic acids is 2. The van der Waals surface area contributed by atoms with Gasteiger partial charge in [0.1, 0.15) is 5.76 Å². The van der Waals surface area contributed by atoms with Crippen LogP contribution in [0.25, 0.3) is 11.6 Å². The van der Waals surface area contributed by atoms with Gasteiger partial charge in [-0.3, -0.25) is 4.68 Å². The lowest BCUT2D eigenvalue weighted by atomic mass is 9.99. The number of methoxy groups -OCH3 is 1. The maximum Gasteiger partial charge on any atom is 0.328 e. The highest BCUT2D eigenvalue weighted by molar-refractivity contribution is 5.89.